The van der Waals surface area contributed by atoms with Crippen molar-refractivity contribution in [1.29, 1.82) is 0 Å². The smallest absolute Gasteiger partial charge is 0.257 e. The fraction of sp³-hybridized carbons (Fsp3) is 0.364. The van der Waals surface area contributed by atoms with Crippen LogP contribution in [-0.4, -0.2) is 23.9 Å². The van der Waals surface area contributed by atoms with E-state index in [1.54, 1.807) is 17.9 Å². The van der Waals surface area contributed by atoms with Crippen LogP contribution in [0.2, 0.25) is 0 Å². The first kappa shape index (κ1) is 10.6. The second-order valence-corrected chi connectivity index (χ2v) is 4.64. The largest absolute Gasteiger partial charge is 0.338 e. The summed E-state index contributed by atoms with van der Waals surface area (Å²) in [6.07, 6.45) is 1.02. The van der Waals surface area contributed by atoms with Crippen LogP contribution in [0.15, 0.2) is 16.6 Å². The van der Waals surface area contributed by atoms with Crippen molar-refractivity contribution in [2.24, 2.45) is 0 Å². The molecule has 1 amide bonds. The van der Waals surface area contributed by atoms with Gasteiger partial charge in [-0.25, -0.2) is 4.39 Å². The first-order chi connectivity index (χ1) is 7.09. The lowest BCUT2D eigenvalue weighted by molar-refractivity contribution is 0.0646. The molecule has 15 heavy (non-hydrogen) atoms. The van der Waals surface area contributed by atoms with E-state index in [1.165, 1.54) is 6.07 Å². The maximum atomic E-state index is 13.6. The van der Waals surface area contributed by atoms with E-state index in [-0.39, 0.29) is 11.5 Å². The third kappa shape index (κ3) is 1.91. The number of aryl methyl sites for hydroxylation is 1. The highest BCUT2D eigenvalue weighted by atomic mass is 79.9. The average Bonchev–Trinajstić information content (AvgIpc) is 1.97. The van der Waals surface area contributed by atoms with E-state index in [4.69, 9.17) is 0 Å². The Hall–Kier alpha value is -0.900. The number of benzene rings is 1. The number of rotatable bonds is 1. The second kappa shape index (κ2) is 3.93. The van der Waals surface area contributed by atoms with Gasteiger partial charge in [0.25, 0.3) is 5.91 Å². The van der Waals surface area contributed by atoms with Crippen LogP contribution in [-0.2, 0) is 0 Å². The van der Waals surface area contributed by atoms with Gasteiger partial charge in [-0.1, -0.05) is 15.9 Å². The molecule has 2 nitrogen and oxygen atoms in total. The number of halogens is 2. The normalized spacial score (nSPS) is 15.0. The van der Waals surface area contributed by atoms with Gasteiger partial charge in [0.2, 0.25) is 0 Å². The molecular weight excluding hydrogens is 261 g/mol. The summed E-state index contributed by atoms with van der Waals surface area (Å²) < 4.78 is 14.3. The fourth-order valence-electron chi connectivity index (χ4n) is 1.65. The highest BCUT2D eigenvalue weighted by Crippen LogP contribution is 2.23. The molecule has 1 aliphatic rings. The summed E-state index contributed by atoms with van der Waals surface area (Å²) in [5, 5.41) is 0. The van der Waals surface area contributed by atoms with Crippen LogP contribution in [0.5, 0.6) is 0 Å². The predicted molar refractivity (Wildman–Crippen MR) is 59.4 cm³/mol. The van der Waals surface area contributed by atoms with Gasteiger partial charge in [-0.15, -0.1) is 0 Å². The minimum Gasteiger partial charge on any atom is -0.338 e. The Bertz CT molecular complexity index is 392. The summed E-state index contributed by atoms with van der Waals surface area (Å²) >= 11 is 3.20. The third-order valence-electron chi connectivity index (χ3n) is 2.61. The summed E-state index contributed by atoms with van der Waals surface area (Å²) in [6, 6.07) is 3.09. The van der Waals surface area contributed by atoms with Gasteiger partial charge in [-0.05, 0) is 31.0 Å². The van der Waals surface area contributed by atoms with Gasteiger partial charge >= 0.3 is 0 Å². The monoisotopic (exact) mass is 271 g/mol. The molecule has 0 unspecified atom stereocenters. The van der Waals surface area contributed by atoms with E-state index in [2.05, 4.69) is 15.9 Å². The molecule has 2 rings (SSSR count). The van der Waals surface area contributed by atoms with Crippen LogP contribution in [0.4, 0.5) is 4.39 Å². The number of hydrogen-bond acceptors (Lipinski definition) is 1. The summed E-state index contributed by atoms with van der Waals surface area (Å²) in [6.45, 7) is 3.24. The number of likely N-dealkylation sites (tertiary alicyclic amines) is 1. The number of nitrogens with zero attached hydrogens (tertiary/aromatic N) is 1. The van der Waals surface area contributed by atoms with E-state index in [0.717, 1.165) is 19.5 Å². The average molecular weight is 272 g/mol. The summed E-state index contributed by atoms with van der Waals surface area (Å²) in [7, 11) is 0. The number of amides is 1. The van der Waals surface area contributed by atoms with Crippen molar-refractivity contribution in [3.8, 4) is 0 Å². The Morgan fingerprint density at radius 3 is 2.60 bits per heavy atom. The standard InChI is InChI=1S/C11H11BrFNO/c1-7-5-8(12)6-9(13)10(7)11(15)14-3-2-4-14/h5-6H,2-4H2,1H3. The van der Waals surface area contributed by atoms with Crippen LogP contribution in [0.1, 0.15) is 22.3 Å². The maximum Gasteiger partial charge on any atom is 0.257 e. The van der Waals surface area contributed by atoms with Gasteiger partial charge < -0.3 is 4.90 Å². The minimum atomic E-state index is -0.446. The highest BCUT2D eigenvalue weighted by Gasteiger charge is 2.25. The molecule has 1 aromatic carbocycles. The molecule has 0 atom stereocenters. The van der Waals surface area contributed by atoms with Gasteiger partial charge in [-0.2, -0.15) is 0 Å². The van der Waals surface area contributed by atoms with Gasteiger partial charge in [0.1, 0.15) is 5.82 Å². The molecule has 1 fully saturated rings. The van der Waals surface area contributed by atoms with Crippen molar-refractivity contribution in [1.82, 2.24) is 4.90 Å². The Labute approximate surface area is 96.2 Å². The quantitative estimate of drug-likeness (QED) is 0.769. The second-order valence-electron chi connectivity index (χ2n) is 3.73. The number of carbonyl (C=O) groups is 1. The fourth-order valence-corrected chi connectivity index (χ4v) is 2.19. The first-order valence-electron chi connectivity index (χ1n) is 4.84. The Balaban J connectivity index is 2.38. The van der Waals surface area contributed by atoms with Crippen molar-refractivity contribution in [3.63, 3.8) is 0 Å². The number of carbonyl (C=O) groups excluding carboxylic acids is 1. The molecule has 1 aliphatic heterocycles. The van der Waals surface area contributed by atoms with Crippen molar-refractivity contribution in [2.45, 2.75) is 13.3 Å². The van der Waals surface area contributed by atoms with Crippen molar-refractivity contribution < 1.29 is 9.18 Å². The molecule has 0 aromatic heterocycles. The molecule has 0 aliphatic carbocycles. The third-order valence-corrected chi connectivity index (χ3v) is 3.07. The predicted octanol–water partition coefficient (Wildman–Crippen LogP) is 2.74. The lowest BCUT2D eigenvalue weighted by atomic mass is 10.1. The van der Waals surface area contributed by atoms with Gasteiger partial charge in [0, 0.05) is 17.6 Å². The van der Waals surface area contributed by atoms with Crippen molar-refractivity contribution in [3.05, 3.63) is 33.5 Å². The molecule has 0 spiro atoms. The van der Waals surface area contributed by atoms with Crippen LogP contribution in [0.3, 0.4) is 0 Å². The lowest BCUT2D eigenvalue weighted by Gasteiger charge is -2.31. The molecular formula is C11H11BrFNO. The van der Waals surface area contributed by atoms with E-state index in [0.29, 0.717) is 10.0 Å². The van der Waals surface area contributed by atoms with Gasteiger partial charge in [0.05, 0.1) is 5.56 Å². The first-order valence-corrected chi connectivity index (χ1v) is 5.64. The van der Waals surface area contributed by atoms with Crippen LogP contribution in [0, 0.1) is 12.7 Å². The molecule has 1 saturated heterocycles. The van der Waals surface area contributed by atoms with E-state index >= 15 is 0 Å². The van der Waals surface area contributed by atoms with Gasteiger partial charge in [0.15, 0.2) is 0 Å². The van der Waals surface area contributed by atoms with Crippen molar-refractivity contribution in [2.75, 3.05) is 13.1 Å². The minimum absolute atomic E-state index is 0.191. The van der Waals surface area contributed by atoms with Crippen molar-refractivity contribution >= 4 is 21.8 Å². The van der Waals surface area contributed by atoms with Crippen LogP contribution >= 0.6 is 15.9 Å². The Morgan fingerprint density at radius 2 is 2.13 bits per heavy atom. The zero-order chi connectivity index (χ0) is 11.0. The molecule has 4 heteroatoms. The van der Waals surface area contributed by atoms with Crippen LogP contribution in [0.25, 0.3) is 0 Å². The van der Waals surface area contributed by atoms with Gasteiger partial charge in [-0.3, -0.25) is 4.79 Å². The lowest BCUT2D eigenvalue weighted by Crippen LogP contribution is -2.42. The molecule has 0 N–H and O–H groups in total. The molecule has 0 radical (unpaired) electrons. The Morgan fingerprint density at radius 1 is 1.47 bits per heavy atom. The molecule has 1 heterocycles. The van der Waals surface area contributed by atoms with E-state index < -0.39 is 5.82 Å². The molecule has 1 aromatic rings. The molecule has 80 valence electrons. The summed E-state index contributed by atoms with van der Waals surface area (Å²) in [5.74, 6) is -0.637. The van der Waals surface area contributed by atoms with Crippen LogP contribution < -0.4 is 0 Å². The zero-order valence-corrected chi connectivity index (χ0v) is 9.97. The topological polar surface area (TPSA) is 20.3 Å². The van der Waals surface area contributed by atoms with E-state index in [1.807, 2.05) is 0 Å². The summed E-state index contributed by atoms with van der Waals surface area (Å²) in [5.41, 5.74) is 0.886. The Kier molecular flexibility index (Phi) is 2.78. The highest BCUT2D eigenvalue weighted by molar-refractivity contribution is 9.10. The SMILES string of the molecule is Cc1cc(Br)cc(F)c1C(=O)N1CCC1. The molecule has 0 bridgehead atoms. The van der Waals surface area contributed by atoms with E-state index in [9.17, 15) is 9.18 Å². The zero-order valence-electron chi connectivity index (χ0n) is 8.39. The summed E-state index contributed by atoms with van der Waals surface area (Å²) in [4.78, 5) is 13.5. The molecule has 0 saturated carbocycles. The maximum absolute atomic E-state index is 13.6. The number of hydrogen-bond donors (Lipinski definition) is 0.